The molecule has 3 aliphatic rings. The van der Waals surface area contributed by atoms with Gasteiger partial charge in [0.05, 0.1) is 12.0 Å². The molecule has 1 unspecified atom stereocenters. The summed E-state index contributed by atoms with van der Waals surface area (Å²) in [6.07, 6.45) is 5.87. The predicted octanol–water partition coefficient (Wildman–Crippen LogP) is 3.99. The maximum Gasteiger partial charge on any atom is 0.310 e. The third kappa shape index (κ3) is 4.56. The molecule has 0 spiro atoms. The number of aliphatic carboxylic acids is 1. The van der Waals surface area contributed by atoms with Gasteiger partial charge in [-0.2, -0.15) is 0 Å². The molecule has 1 heterocycles. The van der Waals surface area contributed by atoms with Crippen LogP contribution >= 0.6 is 0 Å². The van der Waals surface area contributed by atoms with Gasteiger partial charge in [0, 0.05) is 36.7 Å². The number of hydrogen-bond donors (Lipinski definition) is 1. The molecule has 1 N–H and O–H groups in total. The molecule has 1 aromatic carbocycles. The third-order valence-electron chi connectivity index (χ3n) is 7.29. The highest BCUT2D eigenvalue weighted by Gasteiger charge is 2.47. The maximum absolute atomic E-state index is 11.7. The second kappa shape index (κ2) is 8.57. The quantitative estimate of drug-likeness (QED) is 0.683. The molecule has 1 saturated heterocycles. The SMILES string of the molecule is CCOCC1(CN=C2CC2c2ccccc2)CCN(CC2(C(=O)O)CCC2)CC1. The second-order valence-electron chi connectivity index (χ2n) is 9.33. The molecule has 4 rings (SSSR count). The Kier molecular flexibility index (Phi) is 6.07. The maximum atomic E-state index is 11.7. The fourth-order valence-corrected chi connectivity index (χ4v) is 4.91. The number of carboxylic acids is 1. The number of aliphatic imine (C=N–C) groups is 1. The molecule has 0 radical (unpaired) electrons. The normalized spacial score (nSPS) is 26.8. The lowest BCUT2D eigenvalue weighted by Gasteiger charge is -2.46. The number of piperidine rings is 1. The van der Waals surface area contributed by atoms with E-state index in [0.717, 1.165) is 71.4 Å². The molecule has 3 fully saturated rings. The molecule has 5 heteroatoms. The van der Waals surface area contributed by atoms with Crippen LogP contribution in [0, 0.1) is 10.8 Å². The van der Waals surface area contributed by atoms with Gasteiger partial charge in [-0.3, -0.25) is 9.79 Å². The van der Waals surface area contributed by atoms with Crippen molar-refractivity contribution in [3.63, 3.8) is 0 Å². The number of carboxylic acid groups (broad SMARTS) is 1. The summed E-state index contributed by atoms with van der Waals surface area (Å²) in [7, 11) is 0. The van der Waals surface area contributed by atoms with Crippen LogP contribution in [0.25, 0.3) is 0 Å². The number of nitrogens with zero attached hydrogens (tertiary/aromatic N) is 2. The van der Waals surface area contributed by atoms with Crippen molar-refractivity contribution in [2.45, 2.75) is 51.4 Å². The van der Waals surface area contributed by atoms with Gasteiger partial charge in [0.25, 0.3) is 0 Å². The van der Waals surface area contributed by atoms with Crippen molar-refractivity contribution >= 4 is 11.7 Å². The van der Waals surface area contributed by atoms with E-state index >= 15 is 0 Å². The van der Waals surface area contributed by atoms with E-state index in [9.17, 15) is 9.90 Å². The molecule has 1 aliphatic heterocycles. The Hall–Kier alpha value is -1.72. The summed E-state index contributed by atoms with van der Waals surface area (Å²) in [6, 6.07) is 10.7. The van der Waals surface area contributed by atoms with Crippen molar-refractivity contribution in [2.75, 3.05) is 39.4 Å². The number of rotatable bonds is 9. The van der Waals surface area contributed by atoms with Crippen LogP contribution in [-0.4, -0.2) is 61.1 Å². The van der Waals surface area contributed by atoms with E-state index in [2.05, 4.69) is 35.2 Å². The lowest BCUT2D eigenvalue weighted by molar-refractivity contribution is -0.157. The van der Waals surface area contributed by atoms with E-state index in [1.54, 1.807) is 0 Å². The summed E-state index contributed by atoms with van der Waals surface area (Å²) in [5, 5.41) is 9.64. The lowest BCUT2D eigenvalue weighted by atomic mass is 9.68. The zero-order chi connectivity index (χ0) is 20.3. The summed E-state index contributed by atoms with van der Waals surface area (Å²) in [6.45, 7) is 6.99. The van der Waals surface area contributed by atoms with Gasteiger partial charge in [-0.25, -0.2) is 0 Å². The van der Waals surface area contributed by atoms with Gasteiger partial charge < -0.3 is 14.7 Å². The fourth-order valence-electron chi connectivity index (χ4n) is 4.91. The van der Waals surface area contributed by atoms with Crippen molar-refractivity contribution in [3.8, 4) is 0 Å². The number of benzene rings is 1. The molecule has 1 atom stereocenters. The highest BCUT2D eigenvalue weighted by Crippen LogP contribution is 2.44. The minimum absolute atomic E-state index is 0.0966. The van der Waals surface area contributed by atoms with Crippen LogP contribution < -0.4 is 0 Å². The van der Waals surface area contributed by atoms with Crippen molar-refractivity contribution in [3.05, 3.63) is 35.9 Å². The van der Waals surface area contributed by atoms with Gasteiger partial charge in [-0.15, -0.1) is 0 Å². The van der Waals surface area contributed by atoms with Crippen LogP contribution in [0.3, 0.4) is 0 Å². The smallest absolute Gasteiger partial charge is 0.310 e. The molecule has 29 heavy (non-hydrogen) atoms. The van der Waals surface area contributed by atoms with Crippen LogP contribution in [0.4, 0.5) is 0 Å². The van der Waals surface area contributed by atoms with Gasteiger partial charge in [0.1, 0.15) is 0 Å². The van der Waals surface area contributed by atoms with Crippen LogP contribution in [0.15, 0.2) is 35.3 Å². The first-order valence-electron chi connectivity index (χ1n) is 11.2. The summed E-state index contributed by atoms with van der Waals surface area (Å²) in [5.41, 5.74) is 2.31. The summed E-state index contributed by atoms with van der Waals surface area (Å²) >= 11 is 0. The second-order valence-corrected chi connectivity index (χ2v) is 9.33. The first kappa shape index (κ1) is 20.5. The number of carbonyl (C=O) groups is 1. The van der Waals surface area contributed by atoms with E-state index in [1.165, 1.54) is 11.3 Å². The van der Waals surface area contributed by atoms with Gasteiger partial charge in [0.15, 0.2) is 0 Å². The van der Waals surface area contributed by atoms with Gasteiger partial charge in [-0.05, 0) is 57.7 Å². The molecule has 0 amide bonds. The largest absolute Gasteiger partial charge is 0.481 e. The Balaban J connectivity index is 1.35. The Labute approximate surface area is 174 Å². The average molecular weight is 399 g/mol. The van der Waals surface area contributed by atoms with Crippen molar-refractivity contribution in [1.29, 1.82) is 0 Å². The Morgan fingerprint density at radius 1 is 1.21 bits per heavy atom. The van der Waals surface area contributed by atoms with E-state index < -0.39 is 11.4 Å². The Morgan fingerprint density at radius 3 is 2.52 bits per heavy atom. The molecule has 158 valence electrons. The monoisotopic (exact) mass is 398 g/mol. The number of ether oxygens (including phenoxy) is 1. The molecule has 5 nitrogen and oxygen atoms in total. The van der Waals surface area contributed by atoms with Gasteiger partial charge in [-0.1, -0.05) is 36.8 Å². The average Bonchev–Trinajstić information content (AvgIpc) is 3.49. The minimum atomic E-state index is -0.609. The highest BCUT2D eigenvalue weighted by atomic mass is 16.5. The number of hydrogen-bond acceptors (Lipinski definition) is 4. The first-order chi connectivity index (χ1) is 14.1. The molecule has 1 aromatic rings. The fraction of sp³-hybridized carbons (Fsp3) is 0.667. The van der Waals surface area contributed by atoms with Gasteiger partial charge >= 0.3 is 5.97 Å². The van der Waals surface area contributed by atoms with E-state index in [4.69, 9.17) is 9.73 Å². The minimum Gasteiger partial charge on any atom is -0.481 e. The number of likely N-dealkylation sites (tertiary alicyclic amines) is 1. The lowest BCUT2D eigenvalue weighted by Crippen LogP contribution is -2.52. The van der Waals surface area contributed by atoms with E-state index in [1.807, 2.05) is 6.92 Å². The Bertz CT molecular complexity index is 734. The molecule has 2 saturated carbocycles. The zero-order valence-corrected chi connectivity index (χ0v) is 17.6. The van der Waals surface area contributed by atoms with Crippen LogP contribution in [-0.2, 0) is 9.53 Å². The van der Waals surface area contributed by atoms with Crippen molar-refractivity contribution in [2.24, 2.45) is 15.8 Å². The predicted molar refractivity (Wildman–Crippen MR) is 115 cm³/mol. The zero-order valence-electron chi connectivity index (χ0n) is 17.6. The Morgan fingerprint density at radius 2 is 1.93 bits per heavy atom. The van der Waals surface area contributed by atoms with Crippen LogP contribution in [0.2, 0.25) is 0 Å². The summed E-state index contributed by atoms with van der Waals surface area (Å²) in [5.74, 6) is -0.100. The van der Waals surface area contributed by atoms with Crippen LogP contribution in [0.1, 0.15) is 56.9 Å². The molecular weight excluding hydrogens is 364 g/mol. The van der Waals surface area contributed by atoms with Crippen molar-refractivity contribution < 1.29 is 14.6 Å². The van der Waals surface area contributed by atoms with Crippen molar-refractivity contribution in [1.82, 2.24) is 4.90 Å². The van der Waals surface area contributed by atoms with Crippen LogP contribution in [0.5, 0.6) is 0 Å². The van der Waals surface area contributed by atoms with Gasteiger partial charge in [0.2, 0.25) is 0 Å². The molecule has 0 bridgehead atoms. The van der Waals surface area contributed by atoms with E-state index in [0.29, 0.717) is 12.5 Å². The third-order valence-corrected chi connectivity index (χ3v) is 7.29. The van der Waals surface area contributed by atoms with E-state index in [-0.39, 0.29) is 5.41 Å². The standard InChI is InChI=1S/C24H34N2O3/c1-2-29-18-23(16-25-21-15-20(21)19-7-4-3-5-8-19)11-13-26(14-12-23)17-24(22(27)28)9-6-10-24/h3-5,7-8,20H,2,6,9-18H2,1H3,(H,27,28). The highest BCUT2D eigenvalue weighted by molar-refractivity contribution is 6.05. The summed E-state index contributed by atoms with van der Waals surface area (Å²) < 4.78 is 5.87. The molecular formula is C24H34N2O3. The summed E-state index contributed by atoms with van der Waals surface area (Å²) in [4.78, 5) is 19.1. The molecule has 2 aliphatic carbocycles. The first-order valence-corrected chi connectivity index (χ1v) is 11.2. The topological polar surface area (TPSA) is 62.1 Å². The molecule has 0 aromatic heterocycles.